The largest absolute Gasteiger partial charge is 0.408 e. The van der Waals surface area contributed by atoms with Crippen molar-refractivity contribution in [3.63, 3.8) is 0 Å². The van der Waals surface area contributed by atoms with E-state index in [-0.39, 0.29) is 24.8 Å². The second-order valence-corrected chi connectivity index (χ2v) is 5.49. The highest BCUT2D eigenvalue weighted by molar-refractivity contribution is 5.85. The van der Waals surface area contributed by atoms with Gasteiger partial charge in [-0.25, -0.2) is 0 Å². The number of alkyl halides is 3. The summed E-state index contributed by atoms with van der Waals surface area (Å²) in [5, 5.41) is 3.10. The maximum Gasteiger partial charge on any atom is 0.408 e. The molecule has 0 saturated carbocycles. The molecule has 1 fully saturated rings. The molecule has 8 heteroatoms. The molecule has 0 spiro atoms. The van der Waals surface area contributed by atoms with E-state index >= 15 is 0 Å². The highest BCUT2D eigenvalue weighted by Crippen LogP contribution is 2.38. The van der Waals surface area contributed by atoms with Crippen molar-refractivity contribution >= 4 is 30.5 Å². The van der Waals surface area contributed by atoms with Gasteiger partial charge in [0.1, 0.15) is 6.04 Å². The molecule has 1 N–H and O–H groups in total. The van der Waals surface area contributed by atoms with E-state index in [1.54, 1.807) is 24.3 Å². The lowest BCUT2D eigenvalue weighted by Crippen LogP contribution is -2.49. The minimum Gasteiger partial charge on any atom is -0.372 e. The molecule has 140 valence electrons. The number of hydrogen-bond acceptors (Lipinski definition) is 3. The van der Waals surface area contributed by atoms with Crippen LogP contribution in [-0.2, 0) is 0 Å². The molecule has 0 radical (unpaired) electrons. The molecule has 0 amide bonds. The maximum atomic E-state index is 13.5. The molecule has 1 saturated heterocycles. The second-order valence-electron chi connectivity index (χ2n) is 5.49. The van der Waals surface area contributed by atoms with Crippen LogP contribution in [-0.4, -0.2) is 50.3 Å². The Kier molecular flexibility index (Phi) is 10.0. The van der Waals surface area contributed by atoms with Gasteiger partial charge < -0.3 is 10.2 Å². The summed E-state index contributed by atoms with van der Waals surface area (Å²) in [6.07, 6.45) is -4.26. The first-order valence-electron chi connectivity index (χ1n) is 7.83. The fraction of sp³-hybridized carbons (Fsp3) is 0.625. The van der Waals surface area contributed by atoms with E-state index in [2.05, 4.69) is 10.2 Å². The summed E-state index contributed by atoms with van der Waals surface area (Å²) in [6, 6.07) is 5.31. The van der Waals surface area contributed by atoms with Crippen molar-refractivity contribution in [2.45, 2.75) is 26.1 Å². The zero-order chi connectivity index (χ0) is 16.2. The van der Waals surface area contributed by atoms with Crippen molar-refractivity contribution in [1.82, 2.24) is 10.2 Å². The van der Waals surface area contributed by atoms with Gasteiger partial charge in [0.2, 0.25) is 0 Å². The molecular weight excluding hydrogens is 362 g/mol. The number of halogens is 5. The van der Waals surface area contributed by atoms with Crippen molar-refractivity contribution in [2.75, 3.05) is 44.2 Å². The lowest BCUT2D eigenvalue weighted by atomic mass is 10.0. The van der Waals surface area contributed by atoms with Crippen LogP contribution in [0.5, 0.6) is 0 Å². The van der Waals surface area contributed by atoms with E-state index < -0.39 is 12.2 Å². The smallest absolute Gasteiger partial charge is 0.372 e. The Hall–Kier alpha value is -0.690. The molecule has 1 atom stereocenters. The molecule has 1 aliphatic heterocycles. The van der Waals surface area contributed by atoms with Crippen molar-refractivity contribution in [3.05, 3.63) is 29.8 Å². The third-order valence-electron chi connectivity index (χ3n) is 4.16. The van der Waals surface area contributed by atoms with Crippen LogP contribution in [0.3, 0.4) is 0 Å². The minimum absolute atomic E-state index is 0. The third-order valence-corrected chi connectivity index (χ3v) is 4.16. The van der Waals surface area contributed by atoms with Crippen molar-refractivity contribution in [2.24, 2.45) is 0 Å². The van der Waals surface area contributed by atoms with Gasteiger partial charge in [0.05, 0.1) is 0 Å². The number of nitrogens with one attached hydrogen (secondary N) is 1. The summed E-state index contributed by atoms with van der Waals surface area (Å²) in [4.78, 5) is 3.64. The first kappa shape index (κ1) is 23.3. The molecule has 2 rings (SSSR count). The van der Waals surface area contributed by atoms with Crippen LogP contribution in [0, 0.1) is 0 Å². The topological polar surface area (TPSA) is 18.5 Å². The Labute approximate surface area is 154 Å². The van der Waals surface area contributed by atoms with Gasteiger partial charge >= 0.3 is 6.18 Å². The fourth-order valence-electron chi connectivity index (χ4n) is 3.00. The van der Waals surface area contributed by atoms with Gasteiger partial charge in [-0.05, 0) is 31.5 Å². The van der Waals surface area contributed by atoms with Gasteiger partial charge in [0.15, 0.2) is 0 Å². The van der Waals surface area contributed by atoms with Crippen LogP contribution in [0.2, 0.25) is 0 Å². The molecule has 1 aromatic carbocycles. The lowest BCUT2D eigenvalue weighted by Gasteiger charge is -2.36. The average molecular weight is 388 g/mol. The number of anilines is 1. The van der Waals surface area contributed by atoms with Crippen molar-refractivity contribution < 1.29 is 13.2 Å². The monoisotopic (exact) mass is 387 g/mol. The third kappa shape index (κ3) is 5.69. The number of piperazine rings is 1. The summed E-state index contributed by atoms with van der Waals surface area (Å²) in [5.41, 5.74) is 1.29. The average Bonchev–Trinajstić information content (AvgIpc) is 2.50. The molecule has 24 heavy (non-hydrogen) atoms. The Morgan fingerprint density at radius 2 is 1.54 bits per heavy atom. The summed E-state index contributed by atoms with van der Waals surface area (Å²) >= 11 is 0. The SMILES string of the molecule is CCN(CC)c1ccc([C@H](N2CCNCC2)C(F)(F)F)cc1.Cl.Cl. The Morgan fingerprint density at radius 3 is 1.96 bits per heavy atom. The van der Waals surface area contributed by atoms with E-state index in [4.69, 9.17) is 0 Å². The molecule has 0 bridgehead atoms. The minimum atomic E-state index is -4.26. The van der Waals surface area contributed by atoms with Gasteiger partial charge in [-0.2, -0.15) is 13.2 Å². The number of hydrogen-bond donors (Lipinski definition) is 1. The first-order valence-corrected chi connectivity index (χ1v) is 7.83. The van der Waals surface area contributed by atoms with E-state index in [1.165, 1.54) is 4.90 Å². The summed E-state index contributed by atoms with van der Waals surface area (Å²) in [7, 11) is 0. The second kappa shape index (κ2) is 10.3. The number of benzene rings is 1. The highest BCUT2D eigenvalue weighted by atomic mass is 35.5. The lowest BCUT2D eigenvalue weighted by molar-refractivity contribution is -0.187. The molecule has 1 aromatic rings. The fourth-order valence-corrected chi connectivity index (χ4v) is 3.00. The van der Waals surface area contributed by atoms with Crippen LogP contribution in [0.1, 0.15) is 25.5 Å². The Bertz CT molecular complexity index is 459. The van der Waals surface area contributed by atoms with Gasteiger partial charge in [-0.15, -0.1) is 24.8 Å². The van der Waals surface area contributed by atoms with E-state index in [9.17, 15) is 13.2 Å². The zero-order valence-electron chi connectivity index (χ0n) is 14.0. The summed E-state index contributed by atoms with van der Waals surface area (Å²) in [6.45, 7) is 7.80. The molecule has 0 aliphatic carbocycles. The standard InChI is InChI=1S/C16H24F3N3.2ClH/c1-3-21(4-2)14-7-5-13(6-8-14)15(16(17,18)19)22-11-9-20-10-12-22;;/h5-8,15,20H,3-4,9-12H2,1-2H3;2*1H/t15-;;/m0../s1. The normalized spacial score (nSPS) is 16.7. The van der Waals surface area contributed by atoms with Crippen molar-refractivity contribution in [1.29, 1.82) is 0 Å². The van der Waals surface area contributed by atoms with Crippen LogP contribution in [0.4, 0.5) is 18.9 Å². The Balaban J connectivity index is 0.00000264. The molecular formula is C16H26Cl2F3N3. The van der Waals surface area contributed by atoms with E-state index in [0.29, 0.717) is 31.7 Å². The molecule has 1 aliphatic rings. The first-order chi connectivity index (χ1) is 10.5. The summed E-state index contributed by atoms with van der Waals surface area (Å²) < 4.78 is 40.5. The van der Waals surface area contributed by atoms with Gasteiger partial charge in [-0.3, -0.25) is 4.90 Å². The van der Waals surface area contributed by atoms with Crippen LogP contribution in [0.15, 0.2) is 24.3 Å². The van der Waals surface area contributed by atoms with E-state index in [1.807, 2.05) is 13.8 Å². The Morgan fingerprint density at radius 1 is 1.04 bits per heavy atom. The highest BCUT2D eigenvalue weighted by Gasteiger charge is 2.44. The molecule has 1 heterocycles. The van der Waals surface area contributed by atoms with E-state index in [0.717, 1.165) is 18.8 Å². The van der Waals surface area contributed by atoms with Crippen LogP contribution >= 0.6 is 24.8 Å². The van der Waals surface area contributed by atoms with Crippen molar-refractivity contribution in [3.8, 4) is 0 Å². The van der Waals surface area contributed by atoms with Crippen LogP contribution in [0.25, 0.3) is 0 Å². The zero-order valence-corrected chi connectivity index (χ0v) is 15.6. The maximum absolute atomic E-state index is 13.5. The quantitative estimate of drug-likeness (QED) is 0.826. The number of rotatable bonds is 5. The number of nitrogens with zero attached hydrogens (tertiary/aromatic N) is 2. The molecule has 3 nitrogen and oxygen atoms in total. The predicted molar refractivity (Wildman–Crippen MR) is 97.7 cm³/mol. The predicted octanol–water partition coefficient (Wildman–Crippen LogP) is 3.89. The van der Waals surface area contributed by atoms with Gasteiger partial charge in [0.25, 0.3) is 0 Å². The van der Waals surface area contributed by atoms with Gasteiger partial charge in [0, 0.05) is 45.0 Å². The molecule has 0 unspecified atom stereocenters. The van der Waals surface area contributed by atoms with Crippen LogP contribution < -0.4 is 10.2 Å². The molecule has 0 aromatic heterocycles. The van der Waals surface area contributed by atoms with Gasteiger partial charge in [-0.1, -0.05) is 12.1 Å². The summed E-state index contributed by atoms with van der Waals surface area (Å²) in [5.74, 6) is 0.